The largest absolute Gasteiger partial charge is 0.369 e. The lowest BCUT2D eigenvalue weighted by molar-refractivity contribution is -0.118. The molecule has 0 aromatic heterocycles. The molecule has 0 spiro atoms. The summed E-state index contributed by atoms with van der Waals surface area (Å²) in [5.41, 5.74) is 8.53. The van der Waals surface area contributed by atoms with Crippen LogP contribution in [0.5, 0.6) is 0 Å². The molecule has 0 saturated heterocycles. The highest BCUT2D eigenvalue weighted by molar-refractivity contribution is 5.86. The molecular weight excluding hydrogens is 210 g/mol. The van der Waals surface area contributed by atoms with Gasteiger partial charge < -0.3 is 5.73 Å². The monoisotopic (exact) mass is 225 g/mol. The second kappa shape index (κ2) is 4.83. The number of amides is 1. The lowest BCUT2D eigenvalue weighted by Gasteiger charge is -2.16. The summed E-state index contributed by atoms with van der Waals surface area (Å²) in [6.45, 7) is 1.99. The molecule has 2 rings (SSSR count). The van der Waals surface area contributed by atoms with Crippen LogP contribution in [0.2, 0.25) is 0 Å². The zero-order valence-electron chi connectivity index (χ0n) is 9.76. The van der Waals surface area contributed by atoms with Crippen LogP contribution in [0.4, 0.5) is 0 Å². The molecule has 0 aliphatic carbocycles. The Morgan fingerprint density at radius 3 is 2.18 bits per heavy atom. The third kappa shape index (κ3) is 2.36. The lowest BCUT2D eigenvalue weighted by atomic mass is 9.88. The van der Waals surface area contributed by atoms with Gasteiger partial charge in [0.1, 0.15) is 0 Å². The Labute approximate surface area is 101 Å². The molecule has 0 fully saturated rings. The third-order valence-corrected chi connectivity index (χ3v) is 2.92. The SMILES string of the molecule is Cc1ccccc1C(C(N)=O)c1ccccc1. The van der Waals surface area contributed by atoms with Crippen LogP contribution in [0.15, 0.2) is 54.6 Å². The van der Waals surface area contributed by atoms with Gasteiger partial charge in [0.25, 0.3) is 0 Å². The average molecular weight is 225 g/mol. The van der Waals surface area contributed by atoms with Crippen LogP contribution in [-0.2, 0) is 4.79 Å². The Bertz CT molecular complexity index is 519. The smallest absolute Gasteiger partial charge is 0.229 e. The van der Waals surface area contributed by atoms with Gasteiger partial charge in [-0.15, -0.1) is 0 Å². The van der Waals surface area contributed by atoms with Gasteiger partial charge in [0.2, 0.25) is 5.91 Å². The molecule has 0 bridgehead atoms. The van der Waals surface area contributed by atoms with Crippen molar-refractivity contribution in [3.05, 3.63) is 71.3 Å². The first-order valence-corrected chi connectivity index (χ1v) is 5.60. The zero-order valence-corrected chi connectivity index (χ0v) is 9.76. The minimum atomic E-state index is -0.364. The molecular formula is C15H15NO. The van der Waals surface area contributed by atoms with Crippen molar-refractivity contribution in [2.45, 2.75) is 12.8 Å². The zero-order chi connectivity index (χ0) is 12.3. The standard InChI is InChI=1S/C15H15NO/c1-11-7-5-6-10-13(11)14(15(16)17)12-8-3-2-4-9-12/h2-10,14H,1H3,(H2,16,17). The molecule has 86 valence electrons. The van der Waals surface area contributed by atoms with E-state index in [2.05, 4.69) is 0 Å². The molecule has 0 radical (unpaired) electrons. The van der Waals surface area contributed by atoms with Crippen LogP contribution in [0.25, 0.3) is 0 Å². The molecule has 17 heavy (non-hydrogen) atoms. The summed E-state index contributed by atoms with van der Waals surface area (Å²) in [4.78, 5) is 11.7. The number of nitrogens with two attached hydrogens (primary N) is 1. The number of hydrogen-bond donors (Lipinski definition) is 1. The molecule has 2 aromatic rings. The van der Waals surface area contributed by atoms with E-state index in [-0.39, 0.29) is 11.8 Å². The normalized spacial score (nSPS) is 12.1. The van der Waals surface area contributed by atoms with Crippen molar-refractivity contribution < 1.29 is 4.79 Å². The molecule has 0 heterocycles. The predicted octanol–water partition coefficient (Wildman–Crippen LogP) is 2.61. The van der Waals surface area contributed by atoms with Crippen LogP contribution >= 0.6 is 0 Å². The van der Waals surface area contributed by atoms with E-state index in [1.54, 1.807) is 0 Å². The maximum atomic E-state index is 11.7. The van der Waals surface area contributed by atoms with Crippen molar-refractivity contribution in [2.75, 3.05) is 0 Å². The highest BCUT2D eigenvalue weighted by atomic mass is 16.1. The summed E-state index contributed by atoms with van der Waals surface area (Å²) in [7, 11) is 0. The Balaban J connectivity index is 2.51. The second-order valence-electron chi connectivity index (χ2n) is 4.10. The predicted molar refractivity (Wildman–Crippen MR) is 68.7 cm³/mol. The van der Waals surface area contributed by atoms with Crippen LogP contribution in [-0.4, -0.2) is 5.91 Å². The van der Waals surface area contributed by atoms with Crippen molar-refractivity contribution >= 4 is 5.91 Å². The molecule has 2 N–H and O–H groups in total. The van der Waals surface area contributed by atoms with Crippen molar-refractivity contribution in [2.24, 2.45) is 5.73 Å². The van der Waals surface area contributed by atoms with E-state index in [9.17, 15) is 4.79 Å². The van der Waals surface area contributed by atoms with Gasteiger partial charge in [-0.3, -0.25) is 4.79 Å². The fraction of sp³-hybridized carbons (Fsp3) is 0.133. The van der Waals surface area contributed by atoms with Gasteiger partial charge in [-0.05, 0) is 23.6 Å². The number of benzene rings is 2. The third-order valence-electron chi connectivity index (χ3n) is 2.92. The lowest BCUT2D eigenvalue weighted by Crippen LogP contribution is -2.23. The first-order chi connectivity index (χ1) is 8.20. The summed E-state index contributed by atoms with van der Waals surface area (Å²) < 4.78 is 0. The van der Waals surface area contributed by atoms with Gasteiger partial charge in [0.15, 0.2) is 0 Å². The van der Waals surface area contributed by atoms with E-state index in [1.807, 2.05) is 61.5 Å². The molecule has 0 aliphatic rings. The van der Waals surface area contributed by atoms with Crippen molar-refractivity contribution in [3.8, 4) is 0 Å². The van der Waals surface area contributed by atoms with E-state index in [0.717, 1.165) is 16.7 Å². The number of hydrogen-bond acceptors (Lipinski definition) is 1. The molecule has 2 aromatic carbocycles. The van der Waals surface area contributed by atoms with Crippen LogP contribution < -0.4 is 5.73 Å². The summed E-state index contributed by atoms with van der Waals surface area (Å²) in [6.07, 6.45) is 0. The van der Waals surface area contributed by atoms with Gasteiger partial charge in [-0.2, -0.15) is 0 Å². The van der Waals surface area contributed by atoms with Crippen molar-refractivity contribution in [3.63, 3.8) is 0 Å². The summed E-state index contributed by atoms with van der Waals surface area (Å²) in [5, 5.41) is 0. The van der Waals surface area contributed by atoms with Gasteiger partial charge in [0, 0.05) is 0 Å². The highest BCUT2D eigenvalue weighted by Crippen LogP contribution is 2.26. The average Bonchev–Trinajstić information content (AvgIpc) is 2.33. The minimum absolute atomic E-state index is 0.314. The van der Waals surface area contributed by atoms with Gasteiger partial charge in [0.05, 0.1) is 5.92 Å². The topological polar surface area (TPSA) is 43.1 Å². The summed E-state index contributed by atoms with van der Waals surface area (Å²) >= 11 is 0. The van der Waals surface area contributed by atoms with Gasteiger partial charge in [-0.1, -0.05) is 54.6 Å². The van der Waals surface area contributed by atoms with Crippen LogP contribution in [0.1, 0.15) is 22.6 Å². The number of carbonyl (C=O) groups is 1. The van der Waals surface area contributed by atoms with Crippen molar-refractivity contribution in [1.82, 2.24) is 0 Å². The van der Waals surface area contributed by atoms with Gasteiger partial charge >= 0.3 is 0 Å². The van der Waals surface area contributed by atoms with E-state index in [0.29, 0.717) is 0 Å². The number of rotatable bonds is 3. The van der Waals surface area contributed by atoms with Crippen molar-refractivity contribution in [1.29, 1.82) is 0 Å². The van der Waals surface area contributed by atoms with Crippen LogP contribution in [0, 0.1) is 6.92 Å². The Hall–Kier alpha value is -2.09. The molecule has 0 aliphatic heterocycles. The molecule has 1 atom stereocenters. The fourth-order valence-corrected chi connectivity index (χ4v) is 2.05. The Kier molecular flexibility index (Phi) is 3.24. The molecule has 1 unspecified atom stereocenters. The van der Waals surface area contributed by atoms with Gasteiger partial charge in [-0.25, -0.2) is 0 Å². The van der Waals surface area contributed by atoms with E-state index < -0.39 is 0 Å². The molecule has 2 nitrogen and oxygen atoms in total. The number of primary amides is 1. The van der Waals surface area contributed by atoms with E-state index in [4.69, 9.17) is 5.73 Å². The number of aryl methyl sites for hydroxylation is 1. The Morgan fingerprint density at radius 1 is 1.00 bits per heavy atom. The maximum absolute atomic E-state index is 11.7. The summed E-state index contributed by atoms with van der Waals surface area (Å²) in [5.74, 6) is -0.678. The fourth-order valence-electron chi connectivity index (χ4n) is 2.05. The highest BCUT2D eigenvalue weighted by Gasteiger charge is 2.20. The first-order valence-electron chi connectivity index (χ1n) is 5.60. The maximum Gasteiger partial charge on any atom is 0.229 e. The Morgan fingerprint density at radius 2 is 1.59 bits per heavy atom. The quantitative estimate of drug-likeness (QED) is 0.857. The second-order valence-corrected chi connectivity index (χ2v) is 4.10. The summed E-state index contributed by atoms with van der Waals surface area (Å²) in [6, 6.07) is 17.5. The molecule has 1 amide bonds. The molecule has 2 heteroatoms. The van der Waals surface area contributed by atoms with Crippen LogP contribution in [0.3, 0.4) is 0 Å². The first kappa shape index (κ1) is 11.4. The number of carbonyl (C=O) groups excluding carboxylic acids is 1. The minimum Gasteiger partial charge on any atom is -0.369 e. The van der Waals surface area contributed by atoms with E-state index >= 15 is 0 Å². The molecule has 0 saturated carbocycles. The van der Waals surface area contributed by atoms with E-state index in [1.165, 1.54) is 0 Å².